The summed E-state index contributed by atoms with van der Waals surface area (Å²) in [6, 6.07) is 20.2. The van der Waals surface area contributed by atoms with Gasteiger partial charge in [0.2, 0.25) is 0 Å². The van der Waals surface area contributed by atoms with Crippen LogP contribution in [0.4, 0.5) is 17.1 Å². The Hall–Kier alpha value is -4.20. The van der Waals surface area contributed by atoms with Crippen LogP contribution in [0.15, 0.2) is 72.8 Å². The van der Waals surface area contributed by atoms with E-state index >= 15 is 0 Å². The van der Waals surface area contributed by atoms with Gasteiger partial charge in [-0.05, 0) is 60.9 Å². The lowest BCUT2D eigenvalue weighted by molar-refractivity contribution is -0.384. The van der Waals surface area contributed by atoms with Crippen LogP contribution >= 0.6 is 0 Å². The molecule has 0 radical (unpaired) electrons. The molecule has 0 saturated heterocycles. The van der Waals surface area contributed by atoms with E-state index in [1.807, 2.05) is 30.3 Å². The number of nitro groups is 1. The highest BCUT2D eigenvalue weighted by atomic mass is 16.6. The molecule has 8 nitrogen and oxygen atoms in total. The minimum atomic E-state index is -0.499. The number of benzene rings is 3. The average molecular weight is 431 g/mol. The molecule has 0 bridgehead atoms. The second-order valence-electron chi connectivity index (χ2n) is 7.36. The Labute approximate surface area is 184 Å². The molecule has 1 aliphatic rings. The van der Waals surface area contributed by atoms with E-state index in [1.54, 1.807) is 23.1 Å². The van der Waals surface area contributed by atoms with Crippen LogP contribution in [-0.2, 0) is 11.2 Å². The first-order valence-electron chi connectivity index (χ1n) is 10.2. The van der Waals surface area contributed by atoms with E-state index in [9.17, 15) is 19.7 Å². The van der Waals surface area contributed by atoms with Gasteiger partial charge in [-0.2, -0.15) is 0 Å². The number of nitrogens with one attached hydrogen (secondary N) is 1. The SMILES string of the molecule is O=C(COc1ccc([N+](=O)[O-])cc1)Nc1ccc2c(c1)CCCN2C(=O)c1ccccc1. The smallest absolute Gasteiger partial charge is 0.269 e. The largest absolute Gasteiger partial charge is 0.484 e. The molecule has 3 aromatic carbocycles. The number of ether oxygens (including phenoxy) is 1. The van der Waals surface area contributed by atoms with E-state index in [0.717, 1.165) is 24.1 Å². The van der Waals surface area contributed by atoms with Gasteiger partial charge in [0.05, 0.1) is 4.92 Å². The summed E-state index contributed by atoms with van der Waals surface area (Å²) >= 11 is 0. The minimum absolute atomic E-state index is 0.0418. The Morgan fingerprint density at radius 2 is 1.78 bits per heavy atom. The van der Waals surface area contributed by atoms with E-state index in [4.69, 9.17) is 4.74 Å². The van der Waals surface area contributed by atoms with E-state index < -0.39 is 4.92 Å². The van der Waals surface area contributed by atoms with Crippen LogP contribution in [0.25, 0.3) is 0 Å². The molecule has 1 aliphatic heterocycles. The topological polar surface area (TPSA) is 102 Å². The van der Waals surface area contributed by atoms with Crippen molar-refractivity contribution in [3.05, 3.63) is 94.0 Å². The zero-order chi connectivity index (χ0) is 22.5. The number of fused-ring (bicyclic) bond motifs is 1. The Morgan fingerprint density at radius 1 is 1.03 bits per heavy atom. The highest BCUT2D eigenvalue weighted by Gasteiger charge is 2.23. The van der Waals surface area contributed by atoms with Crippen molar-refractivity contribution in [1.29, 1.82) is 0 Å². The fraction of sp³-hybridized carbons (Fsp3) is 0.167. The molecule has 1 N–H and O–H groups in total. The van der Waals surface area contributed by atoms with Crippen molar-refractivity contribution in [2.24, 2.45) is 0 Å². The quantitative estimate of drug-likeness (QED) is 0.465. The molecule has 0 aliphatic carbocycles. The maximum atomic E-state index is 12.9. The Bertz CT molecular complexity index is 1150. The highest BCUT2D eigenvalue weighted by Crippen LogP contribution is 2.31. The van der Waals surface area contributed by atoms with Gasteiger partial charge in [0.15, 0.2) is 6.61 Å². The predicted octanol–water partition coefficient (Wildman–Crippen LogP) is 4.21. The number of non-ortho nitro benzene ring substituents is 1. The number of anilines is 2. The molecule has 0 aromatic heterocycles. The van der Waals surface area contributed by atoms with Gasteiger partial charge in [-0.25, -0.2) is 0 Å². The van der Waals surface area contributed by atoms with Gasteiger partial charge in [0.25, 0.3) is 17.5 Å². The Morgan fingerprint density at radius 3 is 2.50 bits per heavy atom. The fourth-order valence-electron chi connectivity index (χ4n) is 3.63. The second kappa shape index (κ2) is 9.30. The van der Waals surface area contributed by atoms with Gasteiger partial charge >= 0.3 is 0 Å². The number of rotatable bonds is 6. The first-order valence-corrected chi connectivity index (χ1v) is 10.2. The summed E-state index contributed by atoms with van der Waals surface area (Å²) in [4.78, 5) is 37.2. The molecule has 0 unspecified atom stereocenters. The van der Waals surface area contributed by atoms with Gasteiger partial charge < -0.3 is 15.0 Å². The number of nitrogens with zero attached hydrogens (tertiary/aromatic N) is 2. The third kappa shape index (κ3) is 4.75. The van der Waals surface area contributed by atoms with Crippen molar-refractivity contribution < 1.29 is 19.2 Å². The molecular formula is C24H21N3O5. The number of hydrogen-bond acceptors (Lipinski definition) is 5. The van der Waals surface area contributed by atoms with Crippen LogP contribution < -0.4 is 15.0 Å². The van der Waals surface area contributed by atoms with Crippen LogP contribution in [0, 0.1) is 10.1 Å². The molecule has 1 heterocycles. The van der Waals surface area contributed by atoms with E-state index in [0.29, 0.717) is 23.5 Å². The summed E-state index contributed by atoms with van der Waals surface area (Å²) in [7, 11) is 0. The molecule has 162 valence electrons. The number of aryl methyl sites for hydroxylation is 1. The van der Waals surface area contributed by atoms with Crippen molar-refractivity contribution in [2.75, 3.05) is 23.4 Å². The number of amides is 2. The Balaban J connectivity index is 1.39. The lowest BCUT2D eigenvalue weighted by atomic mass is 10.00. The maximum absolute atomic E-state index is 12.9. The molecule has 8 heteroatoms. The minimum Gasteiger partial charge on any atom is -0.484 e. The molecule has 32 heavy (non-hydrogen) atoms. The summed E-state index contributed by atoms with van der Waals surface area (Å²) in [5, 5.41) is 13.5. The molecule has 2 amide bonds. The summed E-state index contributed by atoms with van der Waals surface area (Å²) in [5.41, 5.74) is 3.06. The third-order valence-electron chi connectivity index (χ3n) is 5.17. The highest BCUT2D eigenvalue weighted by molar-refractivity contribution is 6.07. The second-order valence-corrected chi connectivity index (χ2v) is 7.36. The van der Waals surface area contributed by atoms with E-state index in [2.05, 4.69) is 5.32 Å². The standard InChI is InChI=1S/C24H21N3O5/c28-23(16-32-21-11-9-20(10-12-21)27(30)31)25-19-8-13-22-18(15-19)7-4-14-26(22)24(29)17-5-2-1-3-6-17/h1-3,5-6,8-13,15H,4,7,14,16H2,(H,25,28). The zero-order valence-electron chi connectivity index (χ0n) is 17.2. The van der Waals surface area contributed by atoms with Crippen molar-refractivity contribution in [2.45, 2.75) is 12.8 Å². The monoisotopic (exact) mass is 431 g/mol. The number of hydrogen-bond donors (Lipinski definition) is 1. The van der Waals surface area contributed by atoms with E-state index in [-0.39, 0.29) is 24.1 Å². The summed E-state index contributed by atoms with van der Waals surface area (Å²) < 4.78 is 5.40. The molecule has 4 rings (SSSR count). The molecule has 0 spiro atoms. The number of nitro benzene ring substituents is 1. The van der Waals surface area contributed by atoms with Gasteiger partial charge in [0, 0.05) is 35.6 Å². The normalized spacial score (nSPS) is 12.6. The van der Waals surface area contributed by atoms with Crippen molar-refractivity contribution in [3.63, 3.8) is 0 Å². The summed E-state index contributed by atoms with van der Waals surface area (Å²) in [6.07, 6.45) is 1.66. The number of carbonyl (C=O) groups excluding carboxylic acids is 2. The van der Waals surface area contributed by atoms with Crippen LogP contribution in [0.5, 0.6) is 5.75 Å². The zero-order valence-corrected chi connectivity index (χ0v) is 17.2. The van der Waals surface area contributed by atoms with Crippen LogP contribution in [0.1, 0.15) is 22.3 Å². The van der Waals surface area contributed by atoms with Gasteiger partial charge in [0.1, 0.15) is 5.75 Å². The molecule has 0 atom stereocenters. The average Bonchev–Trinajstić information content (AvgIpc) is 2.82. The lowest BCUT2D eigenvalue weighted by Crippen LogP contribution is -2.35. The van der Waals surface area contributed by atoms with Gasteiger partial charge in [-0.1, -0.05) is 18.2 Å². The van der Waals surface area contributed by atoms with E-state index in [1.165, 1.54) is 24.3 Å². The van der Waals surface area contributed by atoms with Crippen LogP contribution in [0.2, 0.25) is 0 Å². The maximum Gasteiger partial charge on any atom is 0.269 e. The third-order valence-corrected chi connectivity index (χ3v) is 5.17. The van der Waals surface area contributed by atoms with Gasteiger partial charge in [-0.3, -0.25) is 19.7 Å². The predicted molar refractivity (Wildman–Crippen MR) is 120 cm³/mol. The Kier molecular flexibility index (Phi) is 6.12. The molecule has 3 aromatic rings. The van der Waals surface area contributed by atoms with Crippen molar-refractivity contribution in [3.8, 4) is 5.75 Å². The fourth-order valence-corrected chi connectivity index (χ4v) is 3.63. The van der Waals surface area contributed by atoms with Crippen LogP contribution in [0.3, 0.4) is 0 Å². The van der Waals surface area contributed by atoms with Crippen molar-refractivity contribution in [1.82, 2.24) is 0 Å². The molecule has 0 fully saturated rings. The summed E-state index contributed by atoms with van der Waals surface area (Å²) in [5.74, 6) is -0.0255. The molecule has 0 saturated carbocycles. The van der Waals surface area contributed by atoms with Crippen LogP contribution in [-0.4, -0.2) is 29.9 Å². The van der Waals surface area contributed by atoms with Crippen molar-refractivity contribution >= 4 is 28.9 Å². The number of carbonyl (C=O) groups is 2. The first-order chi connectivity index (χ1) is 15.5. The van der Waals surface area contributed by atoms with Gasteiger partial charge in [-0.15, -0.1) is 0 Å². The summed E-state index contributed by atoms with van der Waals surface area (Å²) in [6.45, 7) is 0.420. The molecular weight excluding hydrogens is 410 g/mol. The lowest BCUT2D eigenvalue weighted by Gasteiger charge is -2.30. The first kappa shape index (κ1) is 21.0.